The summed E-state index contributed by atoms with van der Waals surface area (Å²) in [6, 6.07) is 12.4. The minimum atomic E-state index is -0.496. The van der Waals surface area contributed by atoms with Gasteiger partial charge in [-0.05, 0) is 42.9 Å². The summed E-state index contributed by atoms with van der Waals surface area (Å²) in [5, 5.41) is 0. The maximum Gasteiger partial charge on any atom is 0.226 e. The zero-order valence-electron chi connectivity index (χ0n) is 19.2. The number of carbonyl (C=O) groups excluding carboxylic acids is 1. The molecule has 5 rings (SSSR count). The highest BCUT2D eigenvalue weighted by Crippen LogP contribution is 2.51. The van der Waals surface area contributed by atoms with E-state index in [1.807, 2.05) is 25.1 Å². The molecule has 1 aromatic carbocycles. The number of rotatable bonds is 3. The zero-order valence-corrected chi connectivity index (χ0v) is 19.2. The molecule has 0 radical (unpaired) electrons. The van der Waals surface area contributed by atoms with Crippen LogP contribution in [0.5, 0.6) is 0 Å². The topological polar surface area (TPSA) is 60.1 Å². The van der Waals surface area contributed by atoms with Crippen molar-refractivity contribution < 1.29 is 4.79 Å². The third-order valence-corrected chi connectivity index (χ3v) is 7.39. The lowest BCUT2D eigenvalue weighted by atomic mass is 9.58. The Morgan fingerprint density at radius 3 is 2.48 bits per heavy atom. The lowest BCUT2D eigenvalue weighted by molar-refractivity contribution is -0.121. The molecule has 0 unspecified atom stereocenters. The van der Waals surface area contributed by atoms with Gasteiger partial charge < -0.3 is 4.79 Å². The van der Waals surface area contributed by atoms with Gasteiger partial charge in [0.15, 0.2) is 11.6 Å². The molecule has 0 spiro atoms. The van der Waals surface area contributed by atoms with Crippen molar-refractivity contribution in [1.82, 2.24) is 15.0 Å². The normalized spacial score (nSPS) is 23.8. The summed E-state index contributed by atoms with van der Waals surface area (Å²) < 4.78 is 0. The average Bonchev–Trinajstić information content (AvgIpc) is 2.86. The van der Waals surface area contributed by atoms with E-state index in [1.165, 1.54) is 5.56 Å². The molecule has 0 N–H and O–H groups in total. The summed E-state index contributed by atoms with van der Waals surface area (Å²) in [5.41, 5.74) is 5.99. The second kappa shape index (κ2) is 8.04. The first-order valence-electron chi connectivity index (χ1n) is 11.5. The average molecular weight is 435 g/mol. The highest BCUT2D eigenvalue weighted by atomic mass is 16.1. The Morgan fingerprint density at radius 1 is 1.09 bits per heavy atom. The predicted octanol–water partition coefficient (Wildman–Crippen LogP) is 5.61. The number of hydrogen-bond donors (Lipinski definition) is 0. The quantitative estimate of drug-likeness (QED) is 0.503. The van der Waals surface area contributed by atoms with Gasteiger partial charge in [0.05, 0.1) is 18.0 Å². The van der Waals surface area contributed by atoms with Gasteiger partial charge in [0.1, 0.15) is 0 Å². The molecule has 3 aromatic rings. The Bertz CT molecular complexity index is 1300. The Labute approximate surface area is 194 Å². The van der Waals surface area contributed by atoms with Crippen molar-refractivity contribution in [1.29, 1.82) is 0 Å². The number of fused-ring (bicyclic) bond motifs is 3. The van der Waals surface area contributed by atoms with Crippen molar-refractivity contribution in [2.75, 3.05) is 0 Å². The smallest absolute Gasteiger partial charge is 0.226 e. The van der Waals surface area contributed by atoms with Crippen LogP contribution < -0.4 is 0 Å². The van der Waals surface area contributed by atoms with Gasteiger partial charge in [-0.1, -0.05) is 51.1 Å². The van der Waals surface area contributed by atoms with Crippen molar-refractivity contribution in [3.05, 3.63) is 88.8 Å². The molecule has 2 aromatic heterocycles. The molecule has 33 heavy (non-hydrogen) atoms. The first-order chi connectivity index (χ1) is 16.0. The zero-order chi connectivity index (χ0) is 23.2. The molecule has 2 aliphatic carbocycles. The van der Waals surface area contributed by atoms with E-state index in [0.29, 0.717) is 5.82 Å². The van der Waals surface area contributed by atoms with E-state index in [1.54, 1.807) is 12.4 Å². The lowest BCUT2D eigenvalue weighted by Gasteiger charge is -2.46. The van der Waals surface area contributed by atoms with Gasteiger partial charge in [0.2, 0.25) is 5.70 Å². The van der Waals surface area contributed by atoms with Gasteiger partial charge in [-0.25, -0.2) is 14.8 Å². The van der Waals surface area contributed by atoms with Crippen LogP contribution in [0.3, 0.4) is 0 Å². The highest BCUT2D eigenvalue weighted by Gasteiger charge is 2.49. The summed E-state index contributed by atoms with van der Waals surface area (Å²) in [6.45, 7) is 13.8. The van der Waals surface area contributed by atoms with E-state index in [4.69, 9.17) is 16.5 Å². The van der Waals surface area contributed by atoms with Crippen LogP contribution in [0.4, 0.5) is 0 Å². The summed E-state index contributed by atoms with van der Waals surface area (Å²) in [5.74, 6) is 0.506. The van der Waals surface area contributed by atoms with E-state index < -0.39 is 5.41 Å². The minimum absolute atomic E-state index is 0.0466. The molecule has 5 heteroatoms. The predicted molar refractivity (Wildman–Crippen MR) is 128 cm³/mol. The first kappa shape index (κ1) is 21.2. The van der Waals surface area contributed by atoms with Crippen molar-refractivity contribution >= 4 is 5.78 Å². The van der Waals surface area contributed by atoms with Crippen LogP contribution in [0, 0.1) is 18.4 Å². The van der Waals surface area contributed by atoms with E-state index in [-0.39, 0.29) is 23.3 Å². The summed E-state index contributed by atoms with van der Waals surface area (Å²) >= 11 is 0. The number of nitrogens with zero attached hydrogens (tertiary/aromatic N) is 4. The maximum absolute atomic E-state index is 12.8. The fourth-order valence-electron chi connectivity index (χ4n) is 5.51. The van der Waals surface area contributed by atoms with Crippen molar-refractivity contribution in [3.63, 3.8) is 0 Å². The third-order valence-electron chi connectivity index (χ3n) is 7.39. The molecule has 0 amide bonds. The molecule has 164 valence electrons. The number of allylic oxidation sites excluding steroid dienone is 2. The monoisotopic (exact) mass is 434 g/mol. The second-order valence-electron chi connectivity index (χ2n) is 9.23. The Balaban J connectivity index is 1.79. The number of Topliss-reactive ketones (excluding diaryl/α,β-unsaturated/α-hetero) is 1. The molecule has 2 heterocycles. The maximum atomic E-state index is 12.8. The minimum Gasteiger partial charge on any atom is -0.308 e. The van der Waals surface area contributed by atoms with Crippen molar-refractivity contribution in [2.45, 2.75) is 45.4 Å². The highest BCUT2D eigenvalue weighted by molar-refractivity contribution is 6.00. The molecule has 0 fully saturated rings. The summed E-state index contributed by atoms with van der Waals surface area (Å²) in [4.78, 5) is 30.6. The number of hydrogen-bond acceptors (Lipinski definition) is 4. The fraction of sp³-hybridized carbons (Fsp3) is 0.321. The van der Waals surface area contributed by atoms with Crippen LogP contribution in [0.1, 0.15) is 44.0 Å². The van der Waals surface area contributed by atoms with Crippen LogP contribution in [-0.2, 0) is 23.1 Å². The standard InChI is InChI=1S/C28H26N4O/c1-5-18-6-8-19(9-7-18)24-21-10-11-22-17(2)25(33)23(29-4)16-28(22,3)26(21)32-27(31-24)20-12-14-30-15-13-20/h6-9,12-17,22H,5,10-11H2,1-3H3/t17-,22-,28-/m1/s1. The molecular weight excluding hydrogens is 408 g/mol. The van der Waals surface area contributed by atoms with Crippen LogP contribution in [0.15, 0.2) is 60.6 Å². The second-order valence-corrected chi connectivity index (χ2v) is 9.23. The molecule has 0 aliphatic heterocycles. The van der Waals surface area contributed by atoms with Crippen LogP contribution >= 0.6 is 0 Å². The van der Waals surface area contributed by atoms with E-state index in [2.05, 4.69) is 47.9 Å². The Morgan fingerprint density at radius 2 is 1.82 bits per heavy atom. The van der Waals surface area contributed by atoms with E-state index in [9.17, 15) is 4.79 Å². The first-order valence-corrected chi connectivity index (χ1v) is 11.5. The van der Waals surface area contributed by atoms with Gasteiger partial charge in [-0.3, -0.25) is 4.98 Å². The Kier molecular flexibility index (Phi) is 5.17. The largest absolute Gasteiger partial charge is 0.308 e. The van der Waals surface area contributed by atoms with Gasteiger partial charge in [0, 0.05) is 40.4 Å². The number of benzene rings is 1. The van der Waals surface area contributed by atoms with E-state index in [0.717, 1.165) is 47.3 Å². The van der Waals surface area contributed by atoms with Crippen LogP contribution in [0.2, 0.25) is 0 Å². The van der Waals surface area contributed by atoms with Gasteiger partial charge in [0.25, 0.3) is 0 Å². The molecule has 5 nitrogen and oxygen atoms in total. The fourth-order valence-corrected chi connectivity index (χ4v) is 5.51. The number of carbonyl (C=O) groups is 1. The summed E-state index contributed by atoms with van der Waals surface area (Å²) in [6.07, 6.45) is 8.04. The third kappa shape index (κ3) is 3.38. The molecule has 2 aliphatic rings. The SMILES string of the molecule is [C-]#[N+]C1=C[C@@]2(C)c3nc(-c4ccncc4)nc(-c4ccc(CC)cc4)c3CC[C@@H]2[C@@H](C)C1=O. The number of aromatic nitrogens is 3. The van der Waals surface area contributed by atoms with Crippen LogP contribution in [0.25, 0.3) is 27.5 Å². The molecule has 0 saturated heterocycles. The molecule has 0 bridgehead atoms. The van der Waals surface area contributed by atoms with Crippen molar-refractivity contribution in [3.8, 4) is 22.6 Å². The van der Waals surface area contributed by atoms with Crippen LogP contribution in [-0.4, -0.2) is 20.7 Å². The molecule has 3 atom stereocenters. The van der Waals surface area contributed by atoms with Crippen molar-refractivity contribution in [2.24, 2.45) is 11.8 Å². The Hall–Kier alpha value is -3.65. The number of ketones is 1. The molecule has 0 saturated carbocycles. The van der Waals surface area contributed by atoms with Gasteiger partial charge >= 0.3 is 0 Å². The number of aryl methyl sites for hydroxylation is 1. The molecular formula is C28H26N4O. The lowest BCUT2D eigenvalue weighted by Crippen LogP contribution is -2.46. The van der Waals surface area contributed by atoms with Gasteiger partial charge in [-0.2, -0.15) is 0 Å². The van der Waals surface area contributed by atoms with E-state index >= 15 is 0 Å². The number of pyridine rings is 1. The van der Waals surface area contributed by atoms with Gasteiger partial charge in [-0.15, -0.1) is 0 Å². The summed E-state index contributed by atoms with van der Waals surface area (Å²) in [7, 11) is 0.